The second-order valence-electron chi connectivity index (χ2n) is 6.77. The number of carboxylic acids is 2. The standard InChI is InChI=1S/C16H26N4O4S.C2H2O4/c1-19-8-10-20(11-9-19)7-3-6-18-16(21)14-12-13(25(17,22)23)4-5-15(14)24-2;3-1(4)2(5)6/h4-5,12H,3,6-11H2,1-2H3,(H,18,21)(H2,17,22,23);(H,3,4)(H,5,6). The number of sulfonamides is 1. The molecule has 0 atom stereocenters. The van der Waals surface area contributed by atoms with Gasteiger partial charge in [-0.15, -0.1) is 0 Å². The van der Waals surface area contributed by atoms with Crippen LogP contribution in [0.2, 0.25) is 0 Å². The lowest BCUT2D eigenvalue weighted by atomic mass is 10.2. The lowest BCUT2D eigenvalue weighted by molar-refractivity contribution is -0.159. The maximum Gasteiger partial charge on any atom is 0.414 e. The van der Waals surface area contributed by atoms with Gasteiger partial charge in [0.2, 0.25) is 10.0 Å². The van der Waals surface area contributed by atoms with Crippen molar-refractivity contribution in [2.75, 3.05) is 53.4 Å². The molecule has 174 valence electrons. The van der Waals surface area contributed by atoms with Crippen LogP contribution in [-0.4, -0.2) is 99.7 Å². The van der Waals surface area contributed by atoms with Gasteiger partial charge in [0, 0.05) is 32.7 Å². The number of nitrogens with one attached hydrogen (secondary N) is 1. The third-order valence-corrected chi connectivity index (χ3v) is 5.37. The summed E-state index contributed by atoms with van der Waals surface area (Å²) in [6.07, 6.45) is 0.826. The highest BCUT2D eigenvalue weighted by Gasteiger charge is 2.17. The van der Waals surface area contributed by atoms with Gasteiger partial charge < -0.3 is 30.1 Å². The number of likely N-dealkylation sites (N-methyl/N-ethyl adjacent to an activating group) is 1. The largest absolute Gasteiger partial charge is 0.496 e. The van der Waals surface area contributed by atoms with E-state index >= 15 is 0 Å². The van der Waals surface area contributed by atoms with Crippen molar-refractivity contribution in [1.29, 1.82) is 0 Å². The molecule has 1 saturated heterocycles. The second-order valence-corrected chi connectivity index (χ2v) is 8.33. The zero-order valence-corrected chi connectivity index (χ0v) is 18.2. The first-order valence-electron chi connectivity index (χ1n) is 9.32. The number of hydrogen-bond acceptors (Lipinski definition) is 8. The van der Waals surface area contributed by atoms with E-state index < -0.39 is 22.0 Å². The van der Waals surface area contributed by atoms with E-state index in [1.165, 1.54) is 25.3 Å². The molecule has 12 nitrogen and oxygen atoms in total. The Bertz CT molecular complexity index is 871. The van der Waals surface area contributed by atoms with Gasteiger partial charge in [0.25, 0.3) is 5.91 Å². The number of rotatable bonds is 7. The summed E-state index contributed by atoms with van der Waals surface area (Å²) in [5, 5.41) is 22.7. The molecule has 0 saturated carbocycles. The summed E-state index contributed by atoms with van der Waals surface area (Å²) < 4.78 is 28.1. The van der Waals surface area contributed by atoms with Crippen molar-refractivity contribution in [3.8, 4) is 5.75 Å². The van der Waals surface area contributed by atoms with Gasteiger partial charge in [-0.2, -0.15) is 0 Å². The molecule has 1 aliphatic heterocycles. The quantitative estimate of drug-likeness (QED) is 0.287. The number of carbonyl (C=O) groups excluding carboxylic acids is 1. The van der Waals surface area contributed by atoms with Gasteiger partial charge in [-0.05, 0) is 38.2 Å². The van der Waals surface area contributed by atoms with Gasteiger partial charge in [-0.25, -0.2) is 23.1 Å². The molecule has 1 aliphatic rings. The molecule has 1 heterocycles. The number of primary sulfonamides is 1. The number of amides is 1. The van der Waals surface area contributed by atoms with Crippen LogP contribution in [0.25, 0.3) is 0 Å². The van der Waals surface area contributed by atoms with Crippen LogP contribution in [-0.2, 0) is 19.6 Å². The highest BCUT2D eigenvalue weighted by atomic mass is 32.2. The molecule has 13 heteroatoms. The lowest BCUT2D eigenvalue weighted by Gasteiger charge is -2.32. The maximum atomic E-state index is 12.4. The van der Waals surface area contributed by atoms with Gasteiger partial charge >= 0.3 is 11.9 Å². The third kappa shape index (κ3) is 9.29. The highest BCUT2D eigenvalue weighted by Crippen LogP contribution is 2.21. The first-order chi connectivity index (χ1) is 14.5. The van der Waals surface area contributed by atoms with Crippen LogP contribution in [0.4, 0.5) is 0 Å². The SMILES string of the molecule is COc1ccc(S(N)(=O)=O)cc1C(=O)NCCCN1CCN(C)CC1.O=C(O)C(=O)O. The number of nitrogens with two attached hydrogens (primary N) is 1. The molecular weight excluding hydrogens is 432 g/mol. The number of benzene rings is 1. The van der Waals surface area contributed by atoms with Crippen LogP contribution >= 0.6 is 0 Å². The molecule has 0 unspecified atom stereocenters. The van der Waals surface area contributed by atoms with E-state index in [4.69, 9.17) is 29.7 Å². The molecule has 0 bridgehead atoms. The summed E-state index contributed by atoms with van der Waals surface area (Å²) in [5.74, 6) is -3.71. The zero-order chi connectivity index (χ0) is 23.6. The minimum Gasteiger partial charge on any atom is -0.496 e. The number of carbonyl (C=O) groups is 3. The zero-order valence-electron chi connectivity index (χ0n) is 17.4. The van der Waals surface area contributed by atoms with Crippen molar-refractivity contribution in [3.63, 3.8) is 0 Å². The van der Waals surface area contributed by atoms with E-state index in [-0.39, 0.29) is 16.4 Å². The van der Waals surface area contributed by atoms with E-state index in [1.807, 2.05) is 0 Å². The molecule has 0 aliphatic carbocycles. The Balaban J connectivity index is 0.000000703. The van der Waals surface area contributed by atoms with Gasteiger partial charge in [0.1, 0.15) is 5.75 Å². The highest BCUT2D eigenvalue weighted by molar-refractivity contribution is 7.89. The number of ether oxygens (including phenoxy) is 1. The molecule has 0 radical (unpaired) electrons. The number of hydrogen-bond donors (Lipinski definition) is 4. The van der Waals surface area contributed by atoms with E-state index in [1.54, 1.807) is 0 Å². The first kappa shape index (κ1) is 26.3. The van der Waals surface area contributed by atoms with Crippen molar-refractivity contribution in [2.24, 2.45) is 5.14 Å². The smallest absolute Gasteiger partial charge is 0.414 e. The van der Waals surface area contributed by atoms with Gasteiger partial charge in [0.15, 0.2) is 0 Å². The molecule has 1 fully saturated rings. The van der Waals surface area contributed by atoms with E-state index in [2.05, 4.69) is 22.2 Å². The van der Waals surface area contributed by atoms with Crippen LogP contribution in [0.3, 0.4) is 0 Å². The Morgan fingerprint density at radius 2 is 1.71 bits per heavy atom. The number of aliphatic carboxylic acids is 2. The molecule has 5 N–H and O–H groups in total. The number of carboxylic acid groups (broad SMARTS) is 2. The summed E-state index contributed by atoms with van der Waals surface area (Å²) in [6.45, 7) is 5.62. The molecule has 1 amide bonds. The van der Waals surface area contributed by atoms with Crippen molar-refractivity contribution in [3.05, 3.63) is 23.8 Å². The molecule has 0 aromatic heterocycles. The van der Waals surface area contributed by atoms with Crippen LogP contribution in [0.1, 0.15) is 16.8 Å². The van der Waals surface area contributed by atoms with Gasteiger partial charge in [0.05, 0.1) is 17.6 Å². The van der Waals surface area contributed by atoms with Crippen LogP contribution in [0.5, 0.6) is 5.75 Å². The topological polar surface area (TPSA) is 180 Å². The molecule has 31 heavy (non-hydrogen) atoms. The van der Waals surface area contributed by atoms with Crippen molar-refractivity contribution in [2.45, 2.75) is 11.3 Å². The predicted molar refractivity (Wildman–Crippen MR) is 111 cm³/mol. The van der Waals surface area contributed by atoms with E-state index in [9.17, 15) is 13.2 Å². The molecule has 2 rings (SSSR count). The summed E-state index contributed by atoms with van der Waals surface area (Å²) in [6, 6.07) is 3.99. The average Bonchev–Trinajstić information content (AvgIpc) is 2.71. The van der Waals surface area contributed by atoms with Crippen molar-refractivity contribution in [1.82, 2.24) is 15.1 Å². The summed E-state index contributed by atoms with van der Waals surface area (Å²) in [4.78, 5) is 35.1. The Hall–Kier alpha value is -2.74. The summed E-state index contributed by atoms with van der Waals surface area (Å²) in [5.41, 5.74) is 0.161. The Labute approximate surface area is 180 Å². The average molecular weight is 461 g/mol. The third-order valence-electron chi connectivity index (χ3n) is 4.46. The fourth-order valence-corrected chi connectivity index (χ4v) is 3.25. The molecular formula is C18H28N4O8S. The van der Waals surface area contributed by atoms with Crippen LogP contribution in [0.15, 0.2) is 23.1 Å². The normalized spacial score (nSPS) is 14.8. The summed E-state index contributed by atoms with van der Waals surface area (Å²) >= 11 is 0. The van der Waals surface area contributed by atoms with E-state index in [0.29, 0.717) is 12.3 Å². The molecule has 0 spiro atoms. The molecule has 1 aromatic carbocycles. The van der Waals surface area contributed by atoms with Crippen molar-refractivity contribution >= 4 is 27.9 Å². The maximum absolute atomic E-state index is 12.4. The Morgan fingerprint density at radius 3 is 2.19 bits per heavy atom. The lowest BCUT2D eigenvalue weighted by Crippen LogP contribution is -2.45. The monoisotopic (exact) mass is 460 g/mol. The molecule has 1 aromatic rings. The first-order valence-corrected chi connectivity index (χ1v) is 10.9. The van der Waals surface area contributed by atoms with Gasteiger partial charge in [-0.1, -0.05) is 0 Å². The minimum atomic E-state index is -3.87. The number of methoxy groups -OCH3 is 1. The Kier molecular flexibility index (Phi) is 10.3. The van der Waals surface area contributed by atoms with Crippen molar-refractivity contribution < 1.29 is 37.8 Å². The number of nitrogens with zero attached hydrogens (tertiary/aromatic N) is 2. The fraction of sp³-hybridized carbons (Fsp3) is 0.500. The minimum absolute atomic E-state index is 0.115. The Morgan fingerprint density at radius 1 is 1.13 bits per heavy atom. The predicted octanol–water partition coefficient (Wildman–Crippen LogP) is -1.13. The fourth-order valence-electron chi connectivity index (χ4n) is 2.71. The van der Waals surface area contributed by atoms with Crippen LogP contribution in [0, 0.1) is 0 Å². The summed E-state index contributed by atoms with van der Waals surface area (Å²) in [7, 11) is -0.336. The van der Waals surface area contributed by atoms with E-state index in [0.717, 1.165) is 39.1 Å². The number of piperazine rings is 1. The van der Waals surface area contributed by atoms with Crippen LogP contribution < -0.4 is 15.2 Å². The van der Waals surface area contributed by atoms with Gasteiger partial charge in [-0.3, -0.25) is 4.79 Å². The second kappa shape index (κ2) is 12.2.